The zero-order valence-corrected chi connectivity index (χ0v) is 23.8. The molecule has 0 amide bonds. The number of nitrogens with zero attached hydrogens (tertiary/aromatic N) is 2. The highest BCUT2D eigenvalue weighted by molar-refractivity contribution is 5.76. The molecule has 0 saturated carbocycles. The minimum Gasteiger partial charge on any atom is -0.378 e. The fraction of sp³-hybridized carbons (Fsp3) is 0.158. The van der Waals surface area contributed by atoms with E-state index in [1.54, 1.807) is 0 Å². The second kappa shape index (κ2) is 10.9. The van der Waals surface area contributed by atoms with E-state index < -0.39 is 0 Å². The quantitative estimate of drug-likeness (QED) is 0.207. The van der Waals surface area contributed by atoms with Gasteiger partial charge in [0.1, 0.15) is 0 Å². The summed E-state index contributed by atoms with van der Waals surface area (Å²) in [7, 11) is 8.40. The summed E-state index contributed by atoms with van der Waals surface area (Å²) in [6, 6.07) is 49.4. The Morgan fingerprint density at radius 1 is 0.375 bits per heavy atom. The molecule has 0 bridgehead atoms. The van der Waals surface area contributed by atoms with E-state index in [0.717, 1.165) is 0 Å². The molecule has 2 aromatic rings. The minimum atomic E-state index is 0.123. The Labute approximate surface area is 238 Å². The normalized spacial score (nSPS) is 12.8. The van der Waals surface area contributed by atoms with Gasteiger partial charge in [0.2, 0.25) is 0 Å². The molecule has 0 heterocycles. The summed E-state index contributed by atoms with van der Waals surface area (Å²) in [6.07, 6.45) is 0. The number of hydrogen-bond donors (Lipinski definition) is 0. The van der Waals surface area contributed by atoms with Crippen molar-refractivity contribution in [1.29, 1.82) is 0 Å². The first-order chi connectivity index (χ1) is 19.5. The summed E-state index contributed by atoms with van der Waals surface area (Å²) in [5.74, 6) is 0.245. The first-order valence-corrected chi connectivity index (χ1v) is 14.0. The molecular formula is C38H36N2. The number of fused-ring (bicyclic) bond motifs is 2. The van der Waals surface area contributed by atoms with Gasteiger partial charge in [0, 0.05) is 51.4 Å². The van der Waals surface area contributed by atoms with Gasteiger partial charge in [0.05, 0.1) is 0 Å². The highest BCUT2D eigenvalue weighted by Gasteiger charge is 2.33. The van der Waals surface area contributed by atoms with Crippen LogP contribution in [0.5, 0.6) is 0 Å². The molecule has 0 aromatic heterocycles. The van der Waals surface area contributed by atoms with Crippen molar-refractivity contribution in [3.8, 4) is 22.3 Å². The molecule has 0 N–H and O–H groups in total. The maximum absolute atomic E-state index is 2.35. The Hall–Kier alpha value is -4.56. The monoisotopic (exact) mass is 520 g/mol. The summed E-state index contributed by atoms with van der Waals surface area (Å²) in [5, 5.41) is 0. The van der Waals surface area contributed by atoms with Gasteiger partial charge in [0.25, 0.3) is 0 Å². The van der Waals surface area contributed by atoms with E-state index in [-0.39, 0.29) is 11.8 Å². The van der Waals surface area contributed by atoms with Crippen LogP contribution < -0.4 is 9.80 Å². The third-order valence-corrected chi connectivity index (χ3v) is 8.19. The Kier molecular flexibility index (Phi) is 7.00. The average Bonchev–Trinajstić information content (AvgIpc) is 3.35. The van der Waals surface area contributed by atoms with Crippen LogP contribution in [0.2, 0.25) is 0 Å². The topological polar surface area (TPSA) is 6.48 Å². The van der Waals surface area contributed by atoms with E-state index in [1.165, 1.54) is 55.9 Å². The Morgan fingerprint density at radius 2 is 0.750 bits per heavy atom. The van der Waals surface area contributed by atoms with Crippen LogP contribution >= 0.6 is 0 Å². The zero-order chi connectivity index (χ0) is 27.6. The standard InChI is InChI=1S/C38H36N2/c1-39(2)31-21-15-29(16-22-31)37(35-25-19-27-11-7-5-9-13-33(27)35)38(30-17-23-32(24-18-30)40(3)4)36-26-20-28-12-8-6-10-14-34(28)36/h5-26,37-38H,1-4H3/t37-,38-/m1/s1. The van der Waals surface area contributed by atoms with E-state index in [1.807, 2.05) is 0 Å². The average molecular weight is 521 g/mol. The van der Waals surface area contributed by atoms with Gasteiger partial charge < -0.3 is 9.80 Å². The van der Waals surface area contributed by atoms with Crippen molar-refractivity contribution in [3.05, 3.63) is 156 Å². The molecule has 0 saturated heterocycles. The van der Waals surface area contributed by atoms with Crippen LogP contribution in [-0.4, -0.2) is 28.2 Å². The highest BCUT2D eigenvalue weighted by Crippen LogP contribution is 2.50. The second-order valence-electron chi connectivity index (χ2n) is 11.1. The lowest BCUT2D eigenvalue weighted by molar-refractivity contribution is 0.700. The van der Waals surface area contributed by atoms with Gasteiger partial charge in [-0.05, 0) is 68.8 Å². The predicted molar refractivity (Wildman–Crippen MR) is 171 cm³/mol. The van der Waals surface area contributed by atoms with Crippen molar-refractivity contribution in [2.24, 2.45) is 0 Å². The molecule has 0 radical (unpaired) electrons. The van der Waals surface area contributed by atoms with Crippen molar-refractivity contribution in [1.82, 2.24) is 0 Å². The summed E-state index contributed by atoms with van der Waals surface area (Å²) in [5.41, 5.74) is 12.9. The number of hydrogen-bond acceptors (Lipinski definition) is 2. The van der Waals surface area contributed by atoms with E-state index in [9.17, 15) is 0 Å². The van der Waals surface area contributed by atoms with Crippen molar-refractivity contribution < 1.29 is 0 Å². The molecule has 4 aliphatic rings. The first-order valence-electron chi connectivity index (χ1n) is 14.0. The minimum absolute atomic E-state index is 0.123. The lowest BCUT2D eigenvalue weighted by Crippen LogP contribution is -2.16. The molecule has 2 heteroatoms. The second-order valence-corrected chi connectivity index (χ2v) is 11.1. The van der Waals surface area contributed by atoms with Gasteiger partial charge in [-0.3, -0.25) is 0 Å². The van der Waals surface area contributed by atoms with Crippen LogP contribution in [0, 0.1) is 0 Å². The fourth-order valence-corrected chi connectivity index (χ4v) is 6.08. The van der Waals surface area contributed by atoms with Crippen molar-refractivity contribution in [3.63, 3.8) is 0 Å². The van der Waals surface area contributed by atoms with Gasteiger partial charge in [-0.25, -0.2) is 0 Å². The lowest BCUT2D eigenvalue weighted by Gasteiger charge is -2.31. The third-order valence-electron chi connectivity index (χ3n) is 8.19. The maximum Gasteiger partial charge on any atom is 0.0361 e. The molecule has 198 valence electrons. The molecule has 2 nitrogen and oxygen atoms in total. The largest absolute Gasteiger partial charge is 0.378 e. The van der Waals surface area contributed by atoms with Crippen LogP contribution in [0.4, 0.5) is 11.4 Å². The molecule has 0 fully saturated rings. The van der Waals surface area contributed by atoms with Crippen molar-refractivity contribution in [2.45, 2.75) is 11.8 Å². The van der Waals surface area contributed by atoms with E-state index in [4.69, 9.17) is 0 Å². The van der Waals surface area contributed by atoms with Crippen molar-refractivity contribution >= 4 is 11.4 Å². The molecule has 0 unspecified atom stereocenters. The molecule has 4 aliphatic carbocycles. The smallest absolute Gasteiger partial charge is 0.0361 e. The number of rotatable bonds is 7. The zero-order valence-electron chi connectivity index (χ0n) is 23.8. The van der Waals surface area contributed by atoms with Gasteiger partial charge in [-0.1, -0.05) is 109 Å². The molecule has 2 atom stereocenters. The lowest BCUT2D eigenvalue weighted by atomic mass is 9.72. The number of anilines is 2. The van der Waals surface area contributed by atoms with Crippen molar-refractivity contribution in [2.75, 3.05) is 38.0 Å². The fourth-order valence-electron chi connectivity index (χ4n) is 6.08. The summed E-state index contributed by atoms with van der Waals surface area (Å²) < 4.78 is 0. The summed E-state index contributed by atoms with van der Waals surface area (Å²) >= 11 is 0. The van der Waals surface area contributed by atoms with Gasteiger partial charge in [-0.2, -0.15) is 0 Å². The highest BCUT2D eigenvalue weighted by atomic mass is 15.1. The van der Waals surface area contributed by atoms with Crippen LogP contribution in [0.25, 0.3) is 22.3 Å². The summed E-state index contributed by atoms with van der Waals surface area (Å²) in [6.45, 7) is 0. The van der Waals surface area contributed by atoms with Crippen LogP contribution in [0.1, 0.15) is 34.1 Å². The third kappa shape index (κ3) is 4.82. The van der Waals surface area contributed by atoms with Crippen LogP contribution in [0.15, 0.2) is 133 Å². The van der Waals surface area contributed by atoms with Gasteiger partial charge in [0.15, 0.2) is 0 Å². The SMILES string of the molecule is CN(C)c1ccc([C@H](c2ccc3cccccc2-3)[C@H](c2ccc(N(C)C)cc2)c2ccc3cccccc2-3)cc1. The van der Waals surface area contributed by atoms with Gasteiger partial charge >= 0.3 is 0 Å². The molecule has 0 spiro atoms. The maximum atomic E-state index is 2.35. The van der Waals surface area contributed by atoms with E-state index in [2.05, 4.69) is 171 Å². The Balaban J connectivity index is 1.62. The molecular weight excluding hydrogens is 484 g/mol. The number of benzene rings is 2. The van der Waals surface area contributed by atoms with E-state index in [0.29, 0.717) is 0 Å². The first kappa shape index (κ1) is 25.7. The van der Waals surface area contributed by atoms with Crippen LogP contribution in [-0.2, 0) is 0 Å². The molecule has 40 heavy (non-hydrogen) atoms. The molecule has 2 aromatic carbocycles. The van der Waals surface area contributed by atoms with E-state index >= 15 is 0 Å². The van der Waals surface area contributed by atoms with Crippen LogP contribution in [0.3, 0.4) is 0 Å². The Bertz CT molecular complexity index is 1520. The predicted octanol–water partition coefficient (Wildman–Crippen LogP) is 8.99. The van der Waals surface area contributed by atoms with Gasteiger partial charge in [-0.15, -0.1) is 0 Å². The summed E-state index contributed by atoms with van der Waals surface area (Å²) in [4.78, 5) is 4.33. The Morgan fingerprint density at radius 3 is 1.12 bits per heavy atom. The molecule has 6 rings (SSSR count). The molecule has 0 aliphatic heterocycles.